The van der Waals surface area contributed by atoms with Crippen LogP contribution in [-0.4, -0.2) is 0 Å². The van der Waals surface area contributed by atoms with Crippen LogP contribution in [-0.2, 0) is 6.18 Å². The van der Waals surface area contributed by atoms with E-state index < -0.39 is 17.4 Å². The average Bonchev–Trinajstić information content (AvgIpc) is 2.29. The quantitative estimate of drug-likeness (QED) is 0.441. The van der Waals surface area contributed by atoms with Gasteiger partial charge in [-0.05, 0) is 23.7 Å². The molecule has 0 spiro atoms. The molecule has 0 atom stereocenters. The van der Waals surface area contributed by atoms with Gasteiger partial charge in [-0.1, -0.05) is 5.11 Å². The number of nitrogens with zero attached hydrogens (tertiary/aromatic N) is 3. The highest BCUT2D eigenvalue weighted by atomic mass is 19.4. The predicted molar refractivity (Wildman–Crippen MR) is 56.3 cm³/mol. The van der Waals surface area contributed by atoms with Crippen LogP contribution < -0.4 is 5.43 Å². The largest absolute Gasteiger partial charge is 0.451 e. The second-order valence-electron chi connectivity index (χ2n) is 3.34. The first kappa shape index (κ1) is 12.0. The minimum absolute atomic E-state index is 0.0760. The molecule has 5 nitrogen and oxygen atoms in total. The van der Waals surface area contributed by atoms with Crippen molar-refractivity contribution in [3.8, 4) is 0 Å². The van der Waals surface area contributed by atoms with Gasteiger partial charge in [0.05, 0.1) is 5.39 Å². The zero-order valence-corrected chi connectivity index (χ0v) is 8.60. The molecule has 1 aromatic heterocycles. The van der Waals surface area contributed by atoms with E-state index in [-0.39, 0.29) is 16.7 Å². The SMILES string of the molecule is [N-]=[N+]=Nc1ccc2oc(C(F)(F)F)cc(=O)c2c1. The Labute approximate surface area is 97.1 Å². The first-order valence-electron chi connectivity index (χ1n) is 4.62. The van der Waals surface area contributed by atoms with E-state index in [1.165, 1.54) is 12.1 Å². The molecule has 1 aromatic carbocycles. The molecular formula is C10H4F3N3O2. The molecule has 0 saturated heterocycles. The lowest BCUT2D eigenvalue weighted by atomic mass is 10.2. The zero-order valence-electron chi connectivity index (χ0n) is 8.60. The third-order valence-corrected chi connectivity index (χ3v) is 2.15. The van der Waals surface area contributed by atoms with Gasteiger partial charge in [-0.2, -0.15) is 13.2 Å². The van der Waals surface area contributed by atoms with Gasteiger partial charge in [-0.15, -0.1) is 0 Å². The standard InChI is InChI=1S/C10H4F3N3O2/c11-10(12,13)9-4-7(17)6-3-5(15-16-14)1-2-8(6)18-9/h1-4H. The number of rotatable bonds is 1. The molecule has 8 heteroatoms. The third kappa shape index (κ3) is 2.14. The first-order chi connectivity index (χ1) is 8.41. The normalized spacial score (nSPS) is 11.3. The Morgan fingerprint density at radius 1 is 1.28 bits per heavy atom. The van der Waals surface area contributed by atoms with Crippen molar-refractivity contribution < 1.29 is 17.6 Å². The molecule has 2 aromatic rings. The van der Waals surface area contributed by atoms with Crippen molar-refractivity contribution in [2.45, 2.75) is 6.18 Å². The van der Waals surface area contributed by atoms with Crippen molar-refractivity contribution in [2.75, 3.05) is 0 Å². The maximum absolute atomic E-state index is 12.4. The summed E-state index contributed by atoms with van der Waals surface area (Å²) in [5, 5.41) is 3.17. The van der Waals surface area contributed by atoms with E-state index in [0.29, 0.717) is 6.07 Å². The summed E-state index contributed by atoms with van der Waals surface area (Å²) in [6.07, 6.45) is -4.73. The van der Waals surface area contributed by atoms with Crippen molar-refractivity contribution in [3.63, 3.8) is 0 Å². The van der Waals surface area contributed by atoms with Crippen molar-refractivity contribution in [3.05, 3.63) is 50.7 Å². The summed E-state index contributed by atoms with van der Waals surface area (Å²) < 4.78 is 41.8. The molecule has 1 heterocycles. The molecule has 18 heavy (non-hydrogen) atoms. The Morgan fingerprint density at radius 2 is 2.00 bits per heavy atom. The van der Waals surface area contributed by atoms with Crippen LogP contribution in [0.1, 0.15) is 5.76 Å². The molecule has 0 unspecified atom stereocenters. The van der Waals surface area contributed by atoms with Crippen LogP contribution in [0.5, 0.6) is 0 Å². The van der Waals surface area contributed by atoms with Gasteiger partial charge in [0.15, 0.2) is 5.43 Å². The van der Waals surface area contributed by atoms with Crippen LogP contribution in [0.15, 0.2) is 38.6 Å². The zero-order chi connectivity index (χ0) is 13.3. The third-order valence-electron chi connectivity index (χ3n) is 2.15. The number of benzene rings is 1. The lowest BCUT2D eigenvalue weighted by Gasteiger charge is -2.06. The monoisotopic (exact) mass is 255 g/mol. The summed E-state index contributed by atoms with van der Waals surface area (Å²) >= 11 is 0. The highest BCUT2D eigenvalue weighted by Gasteiger charge is 2.34. The Bertz CT molecular complexity index is 714. The molecule has 0 aliphatic carbocycles. The van der Waals surface area contributed by atoms with Crippen LogP contribution in [0, 0.1) is 0 Å². The molecule has 2 rings (SSSR count). The fraction of sp³-hybridized carbons (Fsp3) is 0.100. The summed E-state index contributed by atoms with van der Waals surface area (Å²) in [5.74, 6) is -1.36. The Kier molecular flexibility index (Phi) is 2.72. The smallest absolute Gasteiger partial charge is 0.449 e. The molecular weight excluding hydrogens is 251 g/mol. The highest BCUT2D eigenvalue weighted by Crippen LogP contribution is 2.30. The summed E-state index contributed by atoms with van der Waals surface area (Å²) in [6.45, 7) is 0. The number of halogens is 3. The molecule has 0 aliphatic heterocycles. The summed E-state index contributed by atoms with van der Waals surface area (Å²) in [6, 6.07) is 3.93. The van der Waals surface area contributed by atoms with E-state index in [9.17, 15) is 18.0 Å². The Morgan fingerprint density at radius 3 is 2.61 bits per heavy atom. The molecule has 0 amide bonds. The van der Waals surface area contributed by atoms with E-state index in [2.05, 4.69) is 14.4 Å². The highest BCUT2D eigenvalue weighted by molar-refractivity contribution is 5.79. The van der Waals surface area contributed by atoms with Crippen molar-refractivity contribution >= 4 is 16.7 Å². The molecule has 0 aliphatic rings. The van der Waals surface area contributed by atoms with Crippen molar-refractivity contribution in [1.29, 1.82) is 0 Å². The molecule has 0 bridgehead atoms. The number of alkyl halides is 3. The second-order valence-corrected chi connectivity index (χ2v) is 3.34. The molecule has 0 N–H and O–H groups in total. The summed E-state index contributed by atoms with van der Waals surface area (Å²) in [5.41, 5.74) is 7.28. The number of hydrogen-bond acceptors (Lipinski definition) is 3. The fourth-order valence-electron chi connectivity index (χ4n) is 1.40. The van der Waals surface area contributed by atoms with Crippen LogP contribution in [0.25, 0.3) is 21.4 Å². The van der Waals surface area contributed by atoms with Crippen molar-refractivity contribution in [1.82, 2.24) is 0 Å². The molecule has 0 saturated carbocycles. The average molecular weight is 255 g/mol. The van der Waals surface area contributed by atoms with Crippen LogP contribution in [0.3, 0.4) is 0 Å². The second kappa shape index (κ2) is 4.08. The topological polar surface area (TPSA) is 79.0 Å². The minimum atomic E-state index is -4.73. The van der Waals surface area contributed by atoms with E-state index in [4.69, 9.17) is 5.53 Å². The predicted octanol–water partition coefficient (Wildman–Crippen LogP) is 3.75. The van der Waals surface area contributed by atoms with E-state index in [0.717, 1.165) is 6.07 Å². The lowest BCUT2D eigenvalue weighted by Crippen LogP contribution is -2.10. The van der Waals surface area contributed by atoms with Crippen LogP contribution in [0.2, 0.25) is 0 Å². The summed E-state index contributed by atoms with van der Waals surface area (Å²) in [4.78, 5) is 14.0. The van der Waals surface area contributed by atoms with Crippen molar-refractivity contribution in [2.24, 2.45) is 5.11 Å². The van der Waals surface area contributed by atoms with Gasteiger partial charge in [0, 0.05) is 16.7 Å². The van der Waals surface area contributed by atoms with Gasteiger partial charge in [-0.25, -0.2) is 0 Å². The van der Waals surface area contributed by atoms with Crippen LogP contribution in [0.4, 0.5) is 18.9 Å². The maximum Gasteiger partial charge on any atom is 0.449 e. The minimum Gasteiger partial charge on any atom is -0.451 e. The molecule has 0 radical (unpaired) electrons. The number of fused-ring (bicyclic) bond motifs is 1. The van der Waals surface area contributed by atoms with Gasteiger partial charge in [0.2, 0.25) is 5.76 Å². The number of hydrogen-bond donors (Lipinski definition) is 0. The molecule has 92 valence electrons. The van der Waals surface area contributed by atoms with Gasteiger partial charge in [0.1, 0.15) is 5.58 Å². The van der Waals surface area contributed by atoms with E-state index in [1.54, 1.807) is 0 Å². The fourth-order valence-corrected chi connectivity index (χ4v) is 1.40. The lowest BCUT2D eigenvalue weighted by molar-refractivity contribution is -0.152. The van der Waals surface area contributed by atoms with Gasteiger partial charge >= 0.3 is 6.18 Å². The summed E-state index contributed by atoms with van der Waals surface area (Å²) in [7, 11) is 0. The van der Waals surface area contributed by atoms with E-state index in [1.807, 2.05) is 0 Å². The Balaban J connectivity index is 2.74. The maximum atomic E-state index is 12.4. The number of azide groups is 1. The van der Waals surface area contributed by atoms with Crippen LogP contribution >= 0.6 is 0 Å². The first-order valence-corrected chi connectivity index (χ1v) is 4.62. The Hall–Kier alpha value is -2.47. The van der Waals surface area contributed by atoms with Gasteiger partial charge in [0.25, 0.3) is 0 Å². The van der Waals surface area contributed by atoms with Gasteiger partial charge < -0.3 is 4.42 Å². The van der Waals surface area contributed by atoms with Gasteiger partial charge in [-0.3, -0.25) is 4.79 Å². The molecule has 0 fully saturated rings. The van der Waals surface area contributed by atoms with E-state index >= 15 is 0 Å².